The lowest BCUT2D eigenvalue weighted by atomic mass is 10.1. The molecule has 0 aromatic rings. The van der Waals surface area contributed by atoms with E-state index in [1.165, 1.54) is 90.3 Å². The molecule has 1 fully saturated rings. The van der Waals surface area contributed by atoms with E-state index in [9.17, 15) is 4.79 Å². The van der Waals surface area contributed by atoms with E-state index in [4.69, 9.17) is 23.7 Å². The van der Waals surface area contributed by atoms with Crippen molar-refractivity contribution in [3.8, 4) is 0 Å². The van der Waals surface area contributed by atoms with Gasteiger partial charge in [-0.25, -0.2) is 0 Å². The number of carbonyl (C=O) groups is 1. The van der Waals surface area contributed by atoms with Crippen molar-refractivity contribution < 1.29 is 49.9 Å². The lowest BCUT2D eigenvalue weighted by Gasteiger charge is -2.42. The fraction of sp³-hybridized carbons (Fsp3) is 0.969. The number of quaternary nitrogens is 1. The van der Waals surface area contributed by atoms with E-state index in [1.54, 1.807) is 0 Å². The number of piperazine rings is 1. The number of ether oxygens (including phenoxy) is 5. The molecule has 1 aliphatic heterocycles. The van der Waals surface area contributed by atoms with Crippen LogP contribution in [-0.2, 0) is 28.5 Å². The Hall–Kier alpha value is -0.290. The van der Waals surface area contributed by atoms with Crippen molar-refractivity contribution in [3.05, 3.63) is 0 Å². The highest BCUT2D eigenvalue weighted by Gasteiger charge is 2.28. The standard InChI is InChI=1S/C32H65N2O6.BrH/c1-4-6-8-9-10-11-12-13-14-15-23-36-24-25-37-26-27-38-28-29-39-30-31-40-32(35)16-17-33-18-21-34(3,22-19-33)20-7-5-2;/h4-31H2,1-3H3;1H/q+1;/p-1. The smallest absolute Gasteiger partial charge is 0.307 e. The summed E-state index contributed by atoms with van der Waals surface area (Å²) in [6.07, 6.45) is 16.4. The summed E-state index contributed by atoms with van der Waals surface area (Å²) in [6.45, 7) is 15.9. The van der Waals surface area contributed by atoms with Crippen LogP contribution in [0.1, 0.15) is 97.3 Å². The lowest BCUT2D eigenvalue weighted by Crippen LogP contribution is -3.00. The quantitative estimate of drug-likeness (QED) is 0.0699. The first-order chi connectivity index (χ1) is 19.6. The summed E-state index contributed by atoms with van der Waals surface area (Å²) in [5, 5.41) is 0. The molecule has 0 bridgehead atoms. The molecule has 0 amide bonds. The van der Waals surface area contributed by atoms with Gasteiger partial charge in [-0.2, -0.15) is 0 Å². The predicted molar refractivity (Wildman–Crippen MR) is 163 cm³/mol. The summed E-state index contributed by atoms with van der Waals surface area (Å²) in [6, 6.07) is 0. The van der Waals surface area contributed by atoms with Gasteiger partial charge in [0.1, 0.15) is 6.61 Å². The number of halogens is 1. The monoisotopic (exact) mass is 652 g/mol. The van der Waals surface area contributed by atoms with Gasteiger partial charge in [-0.05, 0) is 12.8 Å². The number of rotatable bonds is 29. The Morgan fingerprint density at radius 1 is 0.610 bits per heavy atom. The van der Waals surface area contributed by atoms with Crippen LogP contribution >= 0.6 is 0 Å². The van der Waals surface area contributed by atoms with Crippen molar-refractivity contribution in [2.45, 2.75) is 97.3 Å². The average molecular weight is 654 g/mol. The maximum atomic E-state index is 12.0. The Bertz CT molecular complexity index is 564. The topological polar surface area (TPSA) is 66.5 Å². The number of hydrogen-bond donors (Lipinski definition) is 0. The van der Waals surface area contributed by atoms with E-state index >= 15 is 0 Å². The Kier molecular flexibility index (Phi) is 29.6. The van der Waals surface area contributed by atoms with E-state index in [2.05, 4.69) is 25.8 Å². The molecular formula is C32H65BrN2O6. The molecule has 8 nitrogen and oxygen atoms in total. The number of carbonyl (C=O) groups excluding carboxylic acids is 1. The number of esters is 1. The molecule has 9 heteroatoms. The van der Waals surface area contributed by atoms with Crippen LogP contribution in [0.3, 0.4) is 0 Å². The molecule has 0 spiro atoms. The molecule has 0 radical (unpaired) electrons. The molecule has 1 saturated heterocycles. The van der Waals surface area contributed by atoms with Crippen molar-refractivity contribution in [1.82, 2.24) is 4.90 Å². The second-order valence-corrected chi connectivity index (χ2v) is 11.6. The van der Waals surface area contributed by atoms with E-state index in [0.29, 0.717) is 59.3 Å². The van der Waals surface area contributed by atoms with Gasteiger partial charge in [0.15, 0.2) is 0 Å². The van der Waals surface area contributed by atoms with Gasteiger partial charge in [0.25, 0.3) is 0 Å². The summed E-state index contributed by atoms with van der Waals surface area (Å²) in [4.78, 5) is 14.4. The molecule has 0 aliphatic carbocycles. The minimum absolute atomic E-state index is 0. The zero-order valence-corrected chi connectivity index (χ0v) is 28.6. The van der Waals surface area contributed by atoms with Crippen molar-refractivity contribution >= 4 is 5.97 Å². The molecule has 246 valence electrons. The molecule has 0 saturated carbocycles. The third-order valence-corrected chi connectivity index (χ3v) is 7.84. The molecular weight excluding hydrogens is 588 g/mol. The van der Waals surface area contributed by atoms with E-state index in [0.717, 1.165) is 37.1 Å². The van der Waals surface area contributed by atoms with Crippen LogP contribution in [0.15, 0.2) is 0 Å². The van der Waals surface area contributed by atoms with Crippen LogP contribution in [0.2, 0.25) is 0 Å². The largest absolute Gasteiger partial charge is 1.00 e. The van der Waals surface area contributed by atoms with Crippen molar-refractivity contribution in [2.75, 3.05) is 106 Å². The highest BCUT2D eigenvalue weighted by atomic mass is 79.9. The first-order valence-electron chi connectivity index (χ1n) is 16.6. The van der Waals surface area contributed by atoms with Gasteiger partial charge in [-0.15, -0.1) is 0 Å². The zero-order chi connectivity index (χ0) is 29.0. The van der Waals surface area contributed by atoms with Crippen LogP contribution < -0.4 is 17.0 Å². The second kappa shape index (κ2) is 29.8. The number of likely N-dealkylation sites (N-methyl/N-ethyl adjacent to an activating group) is 1. The normalized spacial score (nSPS) is 15.1. The third-order valence-electron chi connectivity index (χ3n) is 7.84. The maximum absolute atomic E-state index is 12.0. The summed E-state index contributed by atoms with van der Waals surface area (Å²) >= 11 is 0. The van der Waals surface area contributed by atoms with Crippen LogP contribution in [0.5, 0.6) is 0 Å². The Morgan fingerprint density at radius 2 is 1.05 bits per heavy atom. The van der Waals surface area contributed by atoms with Crippen LogP contribution in [0, 0.1) is 0 Å². The van der Waals surface area contributed by atoms with Crippen LogP contribution in [0.25, 0.3) is 0 Å². The van der Waals surface area contributed by atoms with Gasteiger partial charge in [0, 0.05) is 26.2 Å². The molecule has 0 aromatic heterocycles. The number of hydrogen-bond acceptors (Lipinski definition) is 7. The van der Waals surface area contributed by atoms with Gasteiger partial charge < -0.3 is 45.1 Å². The Morgan fingerprint density at radius 3 is 1.56 bits per heavy atom. The first kappa shape index (κ1) is 40.7. The summed E-state index contributed by atoms with van der Waals surface area (Å²) < 4.78 is 28.7. The van der Waals surface area contributed by atoms with Gasteiger partial charge in [0.05, 0.1) is 79.4 Å². The van der Waals surface area contributed by atoms with E-state index in [-0.39, 0.29) is 23.0 Å². The van der Waals surface area contributed by atoms with Gasteiger partial charge in [-0.3, -0.25) is 9.69 Å². The fourth-order valence-electron chi connectivity index (χ4n) is 4.97. The predicted octanol–water partition coefficient (Wildman–Crippen LogP) is 2.47. The number of nitrogens with zero attached hydrogens (tertiary/aromatic N) is 2. The van der Waals surface area contributed by atoms with Gasteiger partial charge >= 0.3 is 5.97 Å². The van der Waals surface area contributed by atoms with Gasteiger partial charge in [0.2, 0.25) is 0 Å². The SMILES string of the molecule is CCCCCCCCCCCCOCCOCCOCCOCCOC(=O)CCN1CC[N+](C)(CCCC)CC1.[Br-]. The maximum Gasteiger partial charge on any atom is 0.307 e. The highest BCUT2D eigenvalue weighted by Crippen LogP contribution is 2.13. The molecule has 1 heterocycles. The third kappa shape index (κ3) is 25.9. The summed E-state index contributed by atoms with van der Waals surface area (Å²) in [5.74, 6) is -0.140. The average Bonchev–Trinajstić information content (AvgIpc) is 2.96. The molecule has 0 unspecified atom stereocenters. The lowest BCUT2D eigenvalue weighted by molar-refractivity contribution is -0.913. The summed E-state index contributed by atoms with van der Waals surface area (Å²) in [5.41, 5.74) is 0. The van der Waals surface area contributed by atoms with Crippen molar-refractivity contribution in [2.24, 2.45) is 0 Å². The molecule has 1 aliphatic rings. The molecule has 0 atom stereocenters. The van der Waals surface area contributed by atoms with Crippen molar-refractivity contribution in [1.29, 1.82) is 0 Å². The minimum atomic E-state index is -0.140. The van der Waals surface area contributed by atoms with Crippen LogP contribution in [0.4, 0.5) is 0 Å². The highest BCUT2D eigenvalue weighted by molar-refractivity contribution is 5.69. The summed E-state index contributed by atoms with van der Waals surface area (Å²) in [7, 11) is 2.36. The van der Waals surface area contributed by atoms with Crippen LogP contribution in [-0.4, -0.2) is 121 Å². The molecule has 0 aromatic carbocycles. The molecule has 41 heavy (non-hydrogen) atoms. The second-order valence-electron chi connectivity index (χ2n) is 11.6. The minimum Gasteiger partial charge on any atom is -1.00 e. The van der Waals surface area contributed by atoms with Crippen molar-refractivity contribution in [3.63, 3.8) is 0 Å². The molecule has 1 rings (SSSR count). The fourth-order valence-corrected chi connectivity index (χ4v) is 4.97. The Labute approximate surface area is 263 Å². The van der Waals surface area contributed by atoms with E-state index in [1.807, 2.05) is 0 Å². The van der Waals surface area contributed by atoms with Gasteiger partial charge in [-0.1, -0.05) is 78.1 Å². The zero-order valence-electron chi connectivity index (χ0n) is 27.0. The first-order valence-corrected chi connectivity index (χ1v) is 16.6. The Balaban J connectivity index is 0.0000160. The number of unbranched alkanes of at least 4 members (excludes halogenated alkanes) is 10. The molecule has 0 N–H and O–H groups in total. The van der Waals surface area contributed by atoms with E-state index < -0.39 is 0 Å².